The van der Waals surface area contributed by atoms with Gasteiger partial charge in [-0.05, 0) is 40.9 Å². The third-order valence-electron chi connectivity index (χ3n) is 3.56. The van der Waals surface area contributed by atoms with Crippen molar-refractivity contribution in [1.82, 2.24) is 4.98 Å². The third kappa shape index (κ3) is 2.83. The highest BCUT2D eigenvalue weighted by Gasteiger charge is 2.11. The maximum atomic E-state index is 4.51. The summed E-state index contributed by atoms with van der Waals surface area (Å²) in [6, 6.07) is 8.81. The Labute approximate surface area is 117 Å². The summed E-state index contributed by atoms with van der Waals surface area (Å²) in [5, 5.41) is 4.74. The minimum atomic E-state index is 0.450. The normalized spacial score (nSPS) is 14.4. The molecule has 3 heteroatoms. The van der Waals surface area contributed by atoms with Crippen molar-refractivity contribution in [3.8, 4) is 0 Å². The number of aromatic nitrogens is 1. The molecular weight excluding hydrogens is 288 g/mol. The SMILES string of the molecule is CCC(C)C(C)Nc1cccc2cc(Br)cnc12. The van der Waals surface area contributed by atoms with Gasteiger partial charge in [0.25, 0.3) is 0 Å². The summed E-state index contributed by atoms with van der Waals surface area (Å²) in [5.41, 5.74) is 2.16. The van der Waals surface area contributed by atoms with Gasteiger partial charge < -0.3 is 5.32 Å². The number of para-hydroxylation sites is 1. The Balaban J connectivity index is 2.33. The smallest absolute Gasteiger partial charge is 0.0934 e. The van der Waals surface area contributed by atoms with Crippen molar-refractivity contribution in [3.05, 3.63) is 34.9 Å². The molecule has 1 aromatic heterocycles. The molecule has 0 aliphatic heterocycles. The number of rotatable bonds is 4. The summed E-state index contributed by atoms with van der Waals surface area (Å²) in [7, 11) is 0. The largest absolute Gasteiger partial charge is 0.381 e. The number of hydrogen-bond acceptors (Lipinski definition) is 2. The fourth-order valence-electron chi connectivity index (χ4n) is 1.99. The molecule has 1 heterocycles. The number of benzene rings is 1. The van der Waals surface area contributed by atoms with Crippen molar-refractivity contribution in [1.29, 1.82) is 0 Å². The van der Waals surface area contributed by atoms with Gasteiger partial charge in [0.15, 0.2) is 0 Å². The van der Waals surface area contributed by atoms with E-state index in [4.69, 9.17) is 0 Å². The van der Waals surface area contributed by atoms with Crippen LogP contribution in [0.1, 0.15) is 27.2 Å². The van der Waals surface area contributed by atoms with E-state index >= 15 is 0 Å². The average Bonchev–Trinajstić information content (AvgIpc) is 2.37. The first-order valence-corrected chi connectivity index (χ1v) is 7.22. The van der Waals surface area contributed by atoms with E-state index in [0.717, 1.165) is 21.1 Å². The zero-order valence-electron chi connectivity index (χ0n) is 11.1. The second-order valence-electron chi connectivity index (χ2n) is 4.85. The highest BCUT2D eigenvalue weighted by Crippen LogP contribution is 2.25. The van der Waals surface area contributed by atoms with Gasteiger partial charge in [0.1, 0.15) is 0 Å². The summed E-state index contributed by atoms with van der Waals surface area (Å²) >= 11 is 3.46. The first kappa shape index (κ1) is 13.3. The molecule has 18 heavy (non-hydrogen) atoms. The fourth-order valence-corrected chi connectivity index (χ4v) is 2.34. The summed E-state index contributed by atoms with van der Waals surface area (Å²) in [6.45, 7) is 6.72. The van der Waals surface area contributed by atoms with Gasteiger partial charge in [-0.15, -0.1) is 0 Å². The van der Waals surface area contributed by atoms with E-state index in [0.29, 0.717) is 12.0 Å². The van der Waals surface area contributed by atoms with E-state index in [-0.39, 0.29) is 0 Å². The fraction of sp³-hybridized carbons (Fsp3) is 0.400. The first-order chi connectivity index (χ1) is 8.61. The lowest BCUT2D eigenvalue weighted by molar-refractivity contribution is 0.495. The maximum Gasteiger partial charge on any atom is 0.0934 e. The molecule has 0 spiro atoms. The molecule has 0 aliphatic rings. The summed E-state index contributed by atoms with van der Waals surface area (Å²) < 4.78 is 1.02. The molecule has 0 saturated heterocycles. The molecule has 0 fully saturated rings. The van der Waals surface area contributed by atoms with Crippen LogP contribution in [0.15, 0.2) is 34.9 Å². The molecule has 2 rings (SSSR count). The van der Waals surface area contributed by atoms with Crippen molar-refractivity contribution in [2.45, 2.75) is 33.2 Å². The number of nitrogens with one attached hydrogen (secondary N) is 1. The van der Waals surface area contributed by atoms with Crippen LogP contribution in [0.4, 0.5) is 5.69 Å². The lowest BCUT2D eigenvalue weighted by atomic mass is 10.0. The predicted octanol–water partition coefficient (Wildman–Crippen LogP) is 4.84. The van der Waals surface area contributed by atoms with Crippen LogP contribution in [-0.4, -0.2) is 11.0 Å². The molecule has 1 N–H and O–H groups in total. The molecule has 2 aromatic rings. The first-order valence-electron chi connectivity index (χ1n) is 6.42. The third-order valence-corrected chi connectivity index (χ3v) is 3.99. The summed E-state index contributed by atoms with van der Waals surface area (Å²) in [6.07, 6.45) is 3.03. The van der Waals surface area contributed by atoms with Crippen molar-refractivity contribution >= 4 is 32.5 Å². The summed E-state index contributed by atoms with van der Waals surface area (Å²) in [4.78, 5) is 4.51. The van der Waals surface area contributed by atoms with Gasteiger partial charge in [0.05, 0.1) is 11.2 Å². The van der Waals surface area contributed by atoms with E-state index in [2.05, 4.69) is 71.3 Å². The molecule has 0 radical (unpaired) electrons. The second kappa shape index (κ2) is 5.70. The number of hydrogen-bond donors (Lipinski definition) is 1. The molecule has 2 atom stereocenters. The van der Waals surface area contributed by atoms with Crippen LogP contribution in [0.5, 0.6) is 0 Å². The monoisotopic (exact) mass is 306 g/mol. The van der Waals surface area contributed by atoms with Gasteiger partial charge in [-0.1, -0.05) is 32.4 Å². The van der Waals surface area contributed by atoms with E-state index in [1.165, 1.54) is 6.42 Å². The Bertz CT molecular complexity index is 539. The Hall–Kier alpha value is -1.09. The quantitative estimate of drug-likeness (QED) is 0.874. The van der Waals surface area contributed by atoms with E-state index in [1.54, 1.807) is 0 Å². The lowest BCUT2D eigenvalue weighted by Crippen LogP contribution is -2.23. The molecule has 0 bridgehead atoms. The molecule has 96 valence electrons. The molecule has 1 aromatic carbocycles. The zero-order valence-corrected chi connectivity index (χ0v) is 12.7. The Kier molecular flexibility index (Phi) is 4.23. The molecular formula is C15H19BrN2. The van der Waals surface area contributed by atoms with Crippen LogP contribution in [0.2, 0.25) is 0 Å². The highest BCUT2D eigenvalue weighted by atomic mass is 79.9. The number of anilines is 1. The van der Waals surface area contributed by atoms with Crippen molar-refractivity contribution in [2.75, 3.05) is 5.32 Å². The molecule has 0 amide bonds. The van der Waals surface area contributed by atoms with E-state index in [1.807, 2.05) is 6.20 Å². The minimum Gasteiger partial charge on any atom is -0.381 e. The van der Waals surface area contributed by atoms with Gasteiger partial charge in [0, 0.05) is 22.1 Å². The highest BCUT2D eigenvalue weighted by molar-refractivity contribution is 9.10. The number of fused-ring (bicyclic) bond motifs is 1. The van der Waals surface area contributed by atoms with Gasteiger partial charge in [-0.3, -0.25) is 4.98 Å². The second-order valence-corrected chi connectivity index (χ2v) is 5.77. The Morgan fingerprint density at radius 2 is 2.11 bits per heavy atom. The van der Waals surface area contributed by atoms with E-state index in [9.17, 15) is 0 Å². The topological polar surface area (TPSA) is 24.9 Å². The molecule has 2 nitrogen and oxygen atoms in total. The molecule has 0 saturated carbocycles. The zero-order chi connectivity index (χ0) is 13.1. The van der Waals surface area contributed by atoms with Gasteiger partial charge in [-0.25, -0.2) is 0 Å². The van der Waals surface area contributed by atoms with Crippen LogP contribution in [0, 0.1) is 5.92 Å². The molecule has 2 unspecified atom stereocenters. The van der Waals surface area contributed by atoms with Crippen LogP contribution < -0.4 is 5.32 Å². The Morgan fingerprint density at radius 1 is 1.33 bits per heavy atom. The minimum absolute atomic E-state index is 0.450. The van der Waals surface area contributed by atoms with Crippen molar-refractivity contribution in [3.63, 3.8) is 0 Å². The lowest BCUT2D eigenvalue weighted by Gasteiger charge is -2.21. The molecule has 0 aliphatic carbocycles. The predicted molar refractivity (Wildman–Crippen MR) is 82.0 cm³/mol. The summed E-state index contributed by atoms with van der Waals surface area (Å²) in [5.74, 6) is 0.649. The van der Waals surface area contributed by atoms with E-state index < -0.39 is 0 Å². The van der Waals surface area contributed by atoms with Crippen LogP contribution in [0.25, 0.3) is 10.9 Å². The maximum absolute atomic E-state index is 4.51. The number of pyridine rings is 1. The van der Waals surface area contributed by atoms with Crippen LogP contribution in [0.3, 0.4) is 0 Å². The average molecular weight is 307 g/mol. The van der Waals surface area contributed by atoms with Gasteiger partial charge >= 0.3 is 0 Å². The standard InChI is InChI=1S/C15H19BrN2/c1-4-10(2)11(3)18-14-7-5-6-12-8-13(16)9-17-15(12)14/h5-11,18H,4H2,1-3H3. The Morgan fingerprint density at radius 3 is 2.83 bits per heavy atom. The van der Waals surface area contributed by atoms with Crippen LogP contribution in [-0.2, 0) is 0 Å². The van der Waals surface area contributed by atoms with Gasteiger partial charge in [-0.2, -0.15) is 0 Å². The van der Waals surface area contributed by atoms with Crippen LogP contribution >= 0.6 is 15.9 Å². The van der Waals surface area contributed by atoms with Gasteiger partial charge in [0.2, 0.25) is 0 Å². The number of halogens is 1. The van der Waals surface area contributed by atoms with Crippen molar-refractivity contribution in [2.24, 2.45) is 5.92 Å². The van der Waals surface area contributed by atoms with Crippen molar-refractivity contribution < 1.29 is 0 Å². The number of nitrogens with zero attached hydrogens (tertiary/aromatic N) is 1.